The maximum Gasteiger partial charge on any atom is 0.200 e. The number of fused-ring (bicyclic) bond motifs is 8. The number of carbonyl (C=O) groups is 1. The van der Waals surface area contributed by atoms with Crippen LogP contribution in [0.4, 0.5) is 0 Å². The largest absolute Gasteiger partial charge is 0.508 e. The Morgan fingerprint density at radius 3 is 2.43 bits per heavy atom. The first-order valence-corrected chi connectivity index (χ1v) is 26.9. The zero-order valence-corrected chi connectivity index (χ0v) is 42.3. The fraction of sp³-hybridized carbons (Fsp3) is 0.435. The molecule has 2 bridgehead atoms. The molecule has 3 saturated carbocycles. The van der Waals surface area contributed by atoms with Gasteiger partial charge in [-0.25, -0.2) is 0 Å². The van der Waals surface area contributed by atoms with Crippen molar-refractivity contribution in [1.29, 1.82) is 0 Å². The first-order chi connectivity index (χ1) is 35.7. The van der Waals surface area contributed by atoms with E-state index in [0.29, 0.717) is 55.1 Å². The highest BCUT2D eigenvalue weighted by molar-refractivity contribution is 5.82. The van der Waals surface area contributed by atoms with E-state index < -0.39 is 29.3 Å². The number of phenolic OH excluding ortho intramolecular Hbond substituents is 6. The third-order valence-electron chi connectivity index (χ3n) is 18.4. The number of hydrogen-bond acceptors (Lipinski definition) is 11. The second kappa shape index (κ2) is 19.9. The number of ketones is 1. The molecule has 6 aliphatic carbocycles. The Morgan fingerprint density at radius 1 is 0.811 bits per heavy atom. The Labute approximate surface area is 432 Å². The number of aryl methyl sites for hydroxylation is 1. The normalized spacial score (nSPS) is 27.5. The number of ether oxygens (including phenoxy) is 2. The first kappa shape index (κ1) is 49.6. The Balaban J connectivity index is 1.10. The molecule has 6 aliphatic rings. The Kier molecular flexibility index (Phi) is 13.3. The molecule has 0 spiro atoms. The first-order valence-electron chi connectivity index (χ1n) is 26.9. The summed E-state index contributed by atoms with van der Waals surface area (Å²) in [7, 11) is 0. The lowest BCUT2D eigenvalue weighted by Crippen LogP contribution is -2.55. The van der Waals surface area contributed by atoms with Crippen molar-refractivity contribution in [1.82, 2.24) is 4.98 Å². The highest BCUT2D eigenvalue weighted by atomic mass is 16.5. The van der Waals surface area contributed by atoms with Crippen LogP contribution in [0.25, 0.3) is 11.3 Å². The van der Waals surface area contributed by atoms with E-state index in [-0.39, 0.29) is 101 Å². The molecule has 12 rings (SSSR count). The van der Waals surface area contributed by atoms with Gasteiger partial charge in [0.15, 0.2) is 23.0 Å². The SMILES string of the molecule is CC(C)CCC1CCCC2(C3CC4CC5C(Cc6ccc(O)cc6O)CC(C(=O)CCc6ccc(O)c(OCN)c6)C(O)C5C3c3cc(O)c(O)c(OCc5cccc(O)c5)c34)c3ccccc3-c3[nH]ccc3C12. The van der Waals surface area contributed by atoms with Crippen LogP contribution in [0.1, 0.15) is 128 Å². The average Bonchev–Trinajstić information content (AvgIpc) is 3.80. The molecule has 6 aromatic rings. The number of nitrogens with one attached hydrogen (secondary N) is 1. The van der Waals surface area contributed by atoms with E-state index >= 15 is 4.79 Å². The summed E-state index contributed by atoms with van der Waals surface area (Å²) < 4.78 is 12.2. The monoisotopic (exact) mass is 1000 g/mol. The van der Waals surface area contributed by atoms with Gasteiger partial charge >= 0.3 is 0 Å². The summed E-state index contributed by atoms with van der Waals surface area (Å²) in [6.07, 6.45) is 8.66. The summed E-state index contributed by atoms with van der Waals surface area (Å²) in [5, 5.41) is 80.3. The third kappa shape index (κ3) is 8.61. The van der Waals surface area contributed by atoms with Crippen molar-refractivity contribution in [3.8, 4) is 57.3 Å². The van der Waals surface area contributed by atoms with Gasteiger partial charge in [-0.1, -0.05) is 75.2 Å². The minimum Gasteiger partial charge on any atom is -0.508 e. The summed E-state index contributed by atoms with van der Waals surface area (Å²) in [6, 6.07) is 29.3. The number of phenols is 6. The van der Waals surface area contributed by atoms with Crippen LogP contribution in [0.3, 0.4) is 0 Å². The average molecular weight is 1000 g/mol. The number of Topliss-reactive ketones (excluding diaryl/α,β-unsaturated/α-hetero) is 1. The lowest BCUT2D eigenvalue weighted by atomic mass is 9.43. The third-order valence-corrected chi connectivity index (χ3v) is 18.4. The zero-order valence-electron chi connectivity index (χ0n) is 42.3. The van der Waals surface area contributed by atoms with Crippen LogP contribution < -0.4 is 15.2 Å². The summed E-state index contributed by atoms with van der Waals surface area (Å²) >= 11 is 0. The Bertz CT molecular complexity index is 3060. The molecule has 0 aliphatic heterocycles. The molecule has 388 valence electrons. The quantitative estimate of drug-likeness (QED) is 0.0348. The number of aromatic nitrogens is 1. The van der Waals surface area contributed by atoms with Crippen LogP contribution in [0, 0.1) is 41.4 Å². The van der Waals surface area contributed by atoms with Crippen molar-refractivity contribution >= 4 is 5.78 Å². The van der Waals surface area contributed by atoms with E-state index in [1.807, 2.05) is 6.07 Å². The topological polar surface area (TPSA) is 219 Å². The zero-order chi connectivity index (χ0) is 51.6. The minimum atomic E-state index is -1.10. The molecule has 12 nitrogen and oxygen atoms in total. The van der Waals surface area contributed by atoms with Gasteiger partial charge < -0.3 is 50.2 Å². The van der Waals surface area contributed by atoms with Crippen LogP contribution in [0.15, 0.2) is 103 Å². The van der Waals surface area contributed by atoms with E-state index in [0.717, 1.165) is 54.5 Å². The van der Waals surface area contributed by atoms with Crippen LogP contribution in [-0.2, 0) is 29.7 Å². The van der Waals surface area contributed by atoms with Gasteiger partial charge in [0.05, 0.1) is 6.10 Å². The van der Waals surface area contributed by atoms with Crippen LogP contribution in [0.2, 0.25) is 0 Å². The number of rotatable bonds is 15. The molecule has 11 atom stereocenters. The molecule has 3 fully saturated rings. The number of nitrogens with two attached hydrogens (primary N) is 1. The predicted molar refractivity (Wildman–Crippen MR) is 282 cm³/mol. The molecule has 10 N–H and O–H groups in total. The molecule has 12 heteroatoms. The molecular formula is C62H70N2O10. The van der Waals surface area contributed by atoms with Gasteiger partial charge in [-0.3, -0.25) is 10.5 Å². The number of aliphatic hydroxyl groups excluding tert-OH is 1. The van der Waals surface area contributed by atoms with Crippen LogP contribution in [0.5, 0.6) is 46.0 Å². The highest BCUT2D eigenvalue weighted by Crippen LogP contribution is 2.72. The molecule has 1 aromatic heterocycles. The van der Waals surface area contributed by atoms with Gasteiger partial charge in [-0.2, -0.15) is 0 Å². The second-order valence-corrected chi connectivity index (χ2v) is 22.8. The van der Waals surface area contributed by atoms with E-state index in [1.165, 1.54) is 28.8 Å². The van der Waals surface area contributed by atoms with Gasteiger partial charge in [0, 0.05) is 46.8 Å². The molecule has 0 radical (unpaired) electrons. The maximum atomic E-state index is 15.2. The minimum absolute atomic E-state index is 0.0154. The number of carbonyl (C=O) groups excluding carboxylic acids is 1. The van der Waals surface area contributed by atoms with Crippen molar-refractivity contribution in [2.24, 2.45) is 47.2 Å². The maximum absolute atomic E-state index is 15.2. The molecule has 74 heavy (non-hydrogen) atoms. The lowest BCUT2D eigenvalue weighted by molar-refractivity contribution is -0.136. The summed E-state index contributed by atoms with van der Waals surface area (Å²) in [4.78, 5) is 18.8. The number of benzene rings is 5. The van der Waals surface area contributed by atoms with Crippen LogP contribution in [-0.4, -0.2) is 59.3 Å². The van der Waals surface area contributed by atoms with Crippen LogP contribution >= 0.6 is 0 Å². The van der Waals surface area contributed by atoms with Crippen molar-refractivity contribution in [3.05, 3.63) is 142 Å². The van der Waals surface area contributed by atoms with Gasteiger partial charge in [-0.15, -0.1) is 0 Å². The number of aromatic amines is 1. The Hall–Kier alpha value is -6.63. The lowest BCUT2D eigenvalue weighted by Gasteiger charge is -2.60. The molecule has 5 aromatic carbocycles. The molecule has 1 heterocycles. The van der Waals surface area contributed by atoms with Crippen molar-refractivity contribution in [2.75, 3.05) is 6.73 Å². The van der Waals surface area contributed by atoms with Crippen molar-refractivity contribution in [3.63, 3.8) is 0 Å². The molecule has 11 unspecified atom stereocenters. The molecule has 0 saturated heterocycles. The van der Waals surface area contributed by atoms with Gasteiger partial charge in [-0.05, 0) is 180 Å². The van der Waals surface area contributed by atoms with Crippen molar-refractivity contribution < 1.29 is 50.0 Å². The number of aliphatic hydroxyl groups is 1. The van der Waals surface area contributed by atoms with E-state index in [1.54, 1.807) is 48.5 Å². The Morgan fingerprint density at radius 2 is 1.64 bits per heavy atom. The van der Waals surface area contributed by atoms with Gasteiger partial charge in [0.1, 0.15) is 36.4 Å². The smallest absolute Gasteiger partial charge is 0.200 e. The summed E-state index contributed by atoms with van der Waals surface area (Å²) in [5.41, 5.74) is 13.9. The van der Waals surface area contributed by atoms with Crippen molar-refractivity contribution in [2.45, 2.75) is 120 Å². The van der Waals surface area contributed by atoms with Gasteiger partial charge in [0.2, 0.25) is 5.75 Å². The van der Waals surface area contributed by atoms with E-state index in [2.05, 4.69) is 55.4 Å². The standard InChI is InChI=1S/C62H70N2O10/c1-33(2)12-15-36-8-6-21-62(47-11-4-3-10-42(47)58-43(57(36)62)20-22-64-58)48-28-39-27-44-38(25-37-16-17-41(66)29-51(37)69)26-45(49(67)18-13-34-14-19-50(68)53(24-34)74-32-63)59(71)56(44)55(48)46-30-52(70)60(72)61(54(39)46)73-31-35-7-5-9-40(65)23-35/h3-5,7,9-11,14,16-17,19-20,22-24,29-30,33,36,38-39,44-45,48,55-57,59,64-66,68-72H,6,8,12-13,15,18,21,25-28,31-32,63H2,1-2H3. The van der Waals surface area contributed by atoms with Gasteiger partial charge in [0.25, 0.3) is 0 Å². The molecule has 0 amide bonds. The van der Waals surface area contributed by atoms with E-state index in [9.17, 15) is 35.7 Å². The summed E-state index contributed by atoms with van der Waals surface area (Å²) in [5.74, 6) is -1.83. The second-order valence-electron chi connectivity index (χ2n) is 22.8. The fourth-order valence-corrected chi connectivity index (χ4v) is 15.6. The highest BCUT2D eigenvalue weighted by Gasteiger charge is 2.64. The molecular weight excluding hydrogens is 933 g/mol. The fourth-order valence-electron chi connectivity index (χ4n) is 15.6. The number of H-pyrrole nitrogens is 1. The number of aromatic hydroxyl groups is 6. The summed E-state index contributed by atoms with van der Waals surface area (Å²) in [6.45, 7) is 4.48. The van der Waals surface area contributed by atoms with E-state index in [4.69, 9.17) is 15.2 Å². The number of hydrogen-bond donors (Lipinski definition) is 9. The predicted octanol–water partition coefficient (Wildman–Crippen LogP) is 11.3.